The van der Waals surface area contributed by atoms with Crippen LogP contribution in [0.1, 0.15) is 44.3 Å². The lowest BCUT2D eigenvalue weighted by Crippen LogP contribution is -2.35. The van der Waals surface area contributed by atoms with Crippen molar-refractivity contribution >= 4 is 29.3 Å². The highest BCUT2D eigenvalue weighted by atomic mass is 35.5. The van der Waals surface area contributed by atoms with Gasteiger partial charge in [0, 0.05) is 18.1 Å². The molecule has 1 aromatic heterocycles. The maximum atomic E-state index is 12.2. The molecule has 1 N–H and O–H groups in total. The maximum Gasteiger partial charge on any atom is 0.230 e. The Kier molecular flexibility index (Phi) is 7.41. The predicted octanol–water partition coefficient (Wildman–Crippen LogP) is 3.98. The molecule has 146 valence electrons. The number of carbonyl (C=O) groups excluding carboxylic acids is 1. The van der Waals surface area contributed by atoms with E-state index < -0.39 is 0 Å². The Bertz CT molecular complexity index is 743. The van der Waals surface area contributed by atoms with Crippen molar-refractivity contribution in [3.63, 3.8) is 0 Å². The predicted molar refractivity (Wildman–Crippen MR) is 107 cm³/mol. The van der Waals surface area contributed by atoms with E-state index in [1.165, 1.54) is 37.4 Å². The summed E-state index contributed by atoms with van der Waals surface area (Å²) in [6.45, 7) is 0.306. The van der Waals surface area contributed by atoms with E-state index in [1.54, 1.807) is 12.1 Å². The number of benzene rings is 1. The first kappa shape index (κ1) is 20.0. The van der Waals surface area contributed by atoms with E-state index in [2.05, 4.69) is 15.5 Å². The number of hydrogen-bond donors (Lipinski definition) is 1. The van der Waals surface area contributed by atoms with E-state index in [0.717, 1.165) is 18.6 Å². The summed E-state index contributed by atoms with van der Waals surface area (Å²) in [5.41, 5.74) is 0. The average Bonchev–Trinajstić information content (AvgIpc) is 2.84. The minimum atomic E-state index is 0.0638. The molecule has 0 atom stereocenters. The van der Waals surface area contributed by atoms with Gasteiger partial charge in [-0.25, -0.2) is 0 Å². The zero-order valence-electron chi connectivity index (χ0n) is 15.5. The molecule has 0 bridgehead atoms. The van der Waals surface area contributed by atoms with Gasteiger partial charge in [0.15, 0.2) is 11.0 Å². The van der Waals surface area contributed by atoms with Crippen LogP contribution in [0.3, 0.4) is 0 Å². The molecule has 1 saturated carbocycles. The lowest BCUT2D eigenvalue weighted by Gasteiger charge is -2.15. The van der Waals surface area contributed by atoms with Crippen LogP contribution in [-0.2, 0) is 18.4 Å². The van der Waals surface area contributed by atoms with Crippen LogP contribution >= 0.6 is 23.4 Å². The quantitative estimate of drug-likeness (QED) is 0.554. The fourth-order valence-corrected chi connectivity index (χ4v) is 3.97. The van der Waals surface area contributed by atoms with Crippen LogP contribution in [0.25, 0.3) is 0 Å². The van der Waals surface area contributed by atoms with E-state index >= 15 is 0 Å². The third-order valence-corrected chi connectivity index (χ3v) is 5.93. The van der Waals surface area contributed by atoms with Gasteiger partial charge in [0.1, 0.15) is 12.4 Å². The number of aromatic nitrogens is 3. The number of nitrogens with zero attached hydrogens (tertiary/aromatic N) is 3. The van der Waals surface area contributed by atoms with Gasteiger partial charge in [-0.2, -0.15) is 0 Å². The number of amides is 1. The van der Waals surface area contributed by atoms with Gasteiger partial charge in [0.25, 0.3) is 0 Å². The van der Waals surface area contributed by atoms with E-state index in [0.29, 0.717) is 34.4 Å². The number of thioether (sulfide) groups is 1. The highest BCUT2D eigenvalue weighted by molar-refractivity contribution is 7.99. The summed E-state index contributed by atoms with van der Waals surface area (Å²) in [5.74, 6) is 1.84. The van der Waals surface area contributed by atoms with Crippen molar-refractivity contribution in [2.75, 3.05) is 5.75 Å². The minimum absolute atomic E-state index is 0.0638. The Morgan fingerprint density at radius 3 is 2.63 bits per heavy atom. The molecule has 0 saturated heterocycles. The fraction of sp³-hybridized carbons (Fsp3) is 0.526. The first-order chi connectivity index (χ1) is 13.1. The summed E-state index contributed by atoms with van der Waals surface area (Å²) in [7, 11) is 1.88. The molecular weight excluding hydrogens is 384 g/mol. The van der Waals surface area contributed by atoms with Crippen molar-refractivity contribution in [3.8, 4) is 5.75 Å². The van der Waals surface area contributed by atoms with Crippen LogP contribution < -0.4 is 10.1 Å². The molecule has 1 heterocycles. The highest BCUT2D eigenvalue weighted by Crippen LogP contribution is 2.20. The van der Waals surface area contributed by atoms with Gasteiger partial charge in [-0.15, -0.1) is 10.2 Å². The van der Waals surface area contributed by atoms with Crippen molar-refractivity contribution in [1.29, 1.82) is 0 Å². The molecule has 27 heavy (non-hydrogen) atoms. The summed E-state index contributed by atoms with van der Waals surface area (Å²) < 4.78 is 7.57. The Labute approximate surface area is 169 Å². The molecule has 1 aliphatic rings. The van der Waals surface area contributed by atoms with Crippen LogP contribution in [0.15, 0.2) is 29.4 Å². The molecular formula is C19H25ClN4O2S. The minimum Gasteiger partial charge on any atom is -0.486 e. The number of carbonyl (C=O) groups is 1. The molecule has 0 unspecified atom stereocenters. The van der Waals surface area contributed by atoms with Gasteiger partial charge in [0.05, 0.1) is 5.75 Å². The smallest absolute Gasteiger partial charge is 0.230 e. The molecule has 1 amide bonds. The van der Waals surface area contributed by atoms with Crippen molar-refractivity contribution in [3.05, 3.63) is 35.1 Å². The molecule has 0 aliphatic heterocycles. The summed E-state index contributed by atoms with van der Waals surface area (Å²) in [6, 6.07) is 7.51. The second-order valence-electron chi connectivity index (χ2n) is 6.75. The number of halogens is 1. The normalized spacial score (nSPS) is 15.3. The van der Waals surface area contributed by atoms with Crippen LogP contribution in [0.4, 0.5) is 0 Å². The molecule has 1 fully saturated rings. The molecule has 1 aromatic carbocycles. The summed E-state index contributed by atoms with van der Waals surface area (Å²) >= 11 is 7.27. The summed E-state index contributed by atoms with van der Waals surface area (Å²) in [5, 5.41) is 12.9. The average molecular weight is 409 g/mol. The molecule has 1 aliphatic carbocycles. The second kappa shape index (κ2) is 9.99. The van der Waals surface area contributed by atoms with Gasteiger partial charge >= 0.3 is 0 Å². The van der Waals surface area contributed by atoms with Crippen LogP contribution in [0.5, 0.6) is 5.75 Å². The van der Waals surface area contributed by atoms with Crippen molar-refractivity contribution in [1.82, 2.24) is 20.1 Å². The Morgan fingerprint density at radius 2 is 1.93 bits per heavy atom. The summed E-state index contributed by atoms with van der Waals surface area (Å²) in [4.78, 5) is 12.2. The van der Waals surface area contributed by atoms with Gasteiger partial charge in [-0.3, -0.25) is 4.79 Å². The maximum absolute atomic E-state index is 12.2. The first-order valence-corrected chi connectivity index (χ1v) is 10.7. The lowest BCUT2D eigenvalue weighted by molar-refractivity contribution is -0.119. The van der Waals surface area contributed by atoms with Crippen LogP contribution in [-0.4, -0.2) is 32.5 Å². The van der Waals surface area contributed by atoms with Crippen LogP contribution in [0.2, 0.25) is 5.02 Å². The fourth-order valence-electron chi connectivity index (χ4n) is 3.10. The third kappa shape index (κ3) is 6.14. The molecule has 3 rings (SSSR count). The Balaban J connectivity index is 1.46. The number of ether oxygens (including phenoxy) is 1. The van der Waals surface area contributed by atoms with E-state index in [-0.39, 0.29) is 5.91 Å². The largest absolute Gasteiger partial charge is 0.486 e. The molecule has 2 aromatic rings. The highest BCUT2D eigenvalue weighted by Gasteiger charge is 2.16. The topological polar surface area (TPSA) is 69.0 Å². The Morgan fingerprint density at radius 1 is 1.22 bits per heavy atom. The van der Waals surface area contributed by atoms with Crippen molar-refractivity contribution in [2.45, 2.75) is 56.3 Å². The second-order valence-corrected chi connectivity index (χ2v) is 8.12. The lowest BCUT2D eigenvalue weighted by atomic mass is 10.1. The Hall–Kier alpha value is -1.73. The standard InChI is InChI=1S/C19H25ClN4O2S/c1-24-17(12-26-16-10-8-14(20)9-11-16)22-23-19(24)27-13-18(25)21-15-6-4-2-3-5-7-15/h8-11,15H,2-7,12-13H2,1H3,(H,21,25). The number of hydrogen-bond acceptors (Lipinski definition) is 5. The third-order valence-electron chi connectivity index (χ3n) is 4.66. The SMILES string of the molecule is Cn1c(COc2ccc(Cl)cc2)nnc1SCC(=O)NC1CCCCCC1. The summed E-state index contributed by atoms with van der Waals surface area (Å²) in [6.07, 6.45) is 7.15. The molecule has 8 heteroatoms. The van der Waals surface area contributed by atoms with E-state index in [4.69, 9.17) is 16.3 Å². The van der Waals surface area contributed by atoms with Gasteiger partial charge in [-0.1, -0.05) is 49.0 Å². The van der Waals surface area contributed by atoms with Crippen molar-refractivity contribution in [2.24, 2.45) is 7.05 Å². The monoisotopic (exact) mass is 408 g/mol. The van der Waals surface area contributed by atoms with Gasteiger partial charge < -0.3 is 14.6 Å². The van der Waals surface area contributed by atoms with E-state index in [1.807, 2.05) is 23.7 Å². The first-order valence-electron chi connectivity index (χ1n) is 9.30. The van der Waals surface area contributed by atoms with Crippen molar-refractivity contribution < 1.29 is 9.53 Å². The molecule has 0 radical (unpaired) electrons. The number of rotatable bonds is 7. The van der Waals surface area contributed by atoms with Gasteiger partial charge in [0.2, 0.25) is 5.91 Å². The van der Waals surface area contributed by atoms with Gasteiger partial charge in [-0.05, 0) is 37.1 Å². The zero-order valence-corrected chi connectivity index (χ0v) is 17.1. The molecule has 0 spiro atoms. The van der Waals surface area contributed by atoms with Crippen LogP contribution in [0, 0.1) is 0 Å². The van der Waals surface area contributed by atoms with E-state index in [9.17, 15) is 4.79 Å². The zero-order chi connectivity index (χ0) is 19.1. The number of nitrogens with one attached hydrogen (secondary N) is 1. The molecule has 6 nitrogen and oxygen atoms in total.